The van der Waals surface area contributed by atoms with Gasteiger partial charge in [0.05, 0.1) is 24.9 Å². The van der Waals surface area contributed by atoms with E-state index < -0.39 is 0 Å². The van der Waals surface area contributed by atoms with Crippen molar-refractivity contribution in [2.24, 2.45) is 0 Å². The highest BCUT2D eigenvalue weighted by molar-refractivity contribution is 5.47. The quantitative estimate of drug-likeness (QED) is 0.802. The Hall–Kier alpha value is -1.26. The molecule has 1 saturated carbocycles. The number of anilines is 1. The van der Waals surface area contributed by atoms with Crippen LogP contribution in [-0.4, -0.2) is 31.4 Å². The molecule has 18 heavy (non-hydrogen) atoms. The number of nitrogens with zero attached hydrogens (tertiary/aromatic N) is 1. The first-order chi connectivity index (χ1) is 8.70. The van der Waals surface area contributed by atoms with Crippen molar-refractivity contribution in [2.75, 3.05) is 19.2 Å². The molecule has 0 aliphatic heterocycles. The van der Waals surface area contributed by atoms with Gasteiger partial charge in [0.1, 0.15) is 5.75 Å². The molecule has 2 unspecified atom stereocenters. The van der Waals surface area contributed by atoms with E-state index in [0.29, 0.717) is 0 Å². The SMILES string of the molecule is COc1ccc(N(C)NC2CCCCC2O)cc1. The molecule has 0 aromatic heterocycles. The number of hydrogen-bond acceptors (Lipinski definition) is 4. The van der Waals surface area contributed by atoms with Gasteiger partial charge in [0, 0.05) is 7.05 Å². The van der Waals surface area contributed by atoms with E-state index in [2.05, 4.69) is 5.43 Å². The molecule has 2 rings (SSSR count). The lowest BCUT2D eigenvalue weighted by Gasteiger charge is -2.33. The van der Waals surface area contributed by atoms with Crippen LogP contribution in [-0.2, 0) is 0 Å². The number of methoxy groups -OCH3 is 1. The molecule has 1 aromatic carbocycles. The highest BCUT2D eigenvalue weighted by Gasteiger charge is 2.23. The molecule has 0 saturated heterocycles. The number of rotatable bonds is 4. The number of hydrazine groups is 1. The molecule has 1 aromatic rings. The third-order valence-electron chi connectivity index (χ3n) is 3.55. The maximum absolute atomic E-state index is 9.94. The standard InChI is InChI=1S/C14H22N2O2/c1-16(11-7-9-12(18-2)10-8-11)15-13-5-3-4-6-14(13)17/h7-10,13-15,17H,3-6H2,1-2H3. The summed E-state index contributed by atoms with van der Waals surface area (Å²) in [5, 5.41) is 11.9. The Kier molecular flexibility index (Phi) is 4.44. The summed E-state index contributed by atoms with van der Waals surface area (Å²) in [5.74, 6) is 0.852. The molecule has 0 heterocycles. The minimum Gasteiger partial charge on any atom is -0.497 e. The fourth-order valence-electron chi connectivity index (χ4n) is 2.39. The molecule has 2 atom stereocenters. The summed E-state index contributed by atoms with van der Waals surface area (Å²) < 4.78 is 5.14. The summed E-state index contributed by atoms with van der Waals surface area (Å²) in [7, 11) is 3.64. The Labute approximate surface area is 109 Å². The van der Waals surface area contributed by atoms with E-state index in [1.807, 2.05) is 36.3 Å². The predicted octanol–water partition coefficient (Wildman–Crippen LogP) is 1.94. The van der Waals surface area contributed by atoms with Crippen molar-refractivity contribution in [2.45, 2.75) is 37.8 Å². The fraction of sp³-hybridized carbons (Fsp3) is 0.571. The zero-order valence-electron chi connectivity index (χ0n) is 11.1. The van der Waals surface area contributed by atoms with Crippen LogP contribution in [0.1, 0.15) is 25.7 Å². The van der Waals surface area contributed by atoms with Gasteiger partial charge >= 0.3 is 0 Å². The van der Waals surface area contributed by atoms with Gasteiger partial charge in [-0.25, -0.2) is 5.43 Å². The summed E-state index contributed by atoms with van der Waals surface area (Å²) in [6, 6.07) is 8.03. The Morgan fingerprint density at radius 1 is 1.22 bits per heavy atom. The van der Waals surface area contributed by atoms with Crippen molar-refractivity contribution < 1.29 is 9.84 Å². The van der Waals surface area contributed by atoms with Crippen LogP contribution in [0.2, 0.25) is 0 Å². The van der Waals surface area contributed by atoms with Gasteiger partial charge < -0.3 is 14.9 Å². The van der Waals surface area contributed by atoms with Gasteiger partial charge in [0.15, 0.2) is 0 Å². The second-order valence-corrected chi connectivity index (χ2v) is 4.84. The van der Waals surface area contributed by atoms with Gasteiger partial charge in [-0.2, -0.15) is 0 Å². The lowest BCUT2D eigenvalue weighted by atomic mass is 9.93. The topological polar surface area (TPSA) is 44.7 Å². The van der Waals surface area contributed by atoms with Crippen molar-refractivity contribution in [3.05, 3.63) is 24.3 Å². The van der Waals surface area contributed by atoms with Crippen LogP contribution in [0.4, 0.5) is 5.69 Å². The van der Waals surface area contributed by atoms with E-state index in [0.717, 1.165) is 30.7 Å². The molecule has 0 bridgehead atoms. The van der Waals surface area contributed by atoms with E-state index in [1.165, 1.54) is 6.42 Å². The molecule has 100 valence electrons. The van der Waals surface area contributed by atoms with E-state index in [9.17, 15) is 5.11 Å². The highest BCUT2D eigenvalue weighted by Crippen LogP contribution is 2.21. The Morgan fingerprint density at radius 2 is 1.89 bits per heavy atom. The number of nitrogens with one attached hydrogen (secondary N) is 1. The van der Waals surface area contributed by atoms with Crippen molar-refractivity contribution in [3.63, 3.8) is 0 Å². The summed E-state index contributed by atoms with van der Waals surface area (Å²) in [6.45, 7) is 0. The van der Waals surface area contributed by atoms with Crippen LogP contribution >= 0.6 is 0 Å². The largest absolute Gasteiger partial charge is 0.497 e. The van der Waals surface area contributed by atoms with Crippen LogP contribution in [0.25, 0.3) is 0 Å². The van der Waals surface area contributed by atoms with Gasteiger partial charge in [-0.05, 0) is 37.1 Å². The smallest absolute Gasteiger partial charge is 0.119 e. The molecule has 2 N–H and O–H groups in total. The first-order valence-electron chi connectivity index (χ1n) is 6.52. The average molecular weight is 250 g/mol. The normalized spacial score (nSPS) is 23.7. The van der Waals surface area contributed by atoms with Gasteiger partial charge in [-0.3, -0.25) is 0 Å². The minimum absolute atomic E-state index is 0.158. The zero-order valence-corrected chi connectivity index (χ0v) is 11.1. The van der Waals surface area contributed by atoms with Gasteiger partial charge in [0.25, 0.3) is 0 Å². The Bertz CT molecular complexity index is 367. The molecule has 0 spiro atoms. The predicted molar refractivity (Wildman–Crippen MR) is 72.8 cm³/mol. The molecule has 4 nitrogen and oxygen atoms in total. The third kappa shape index (κ3) is 3.15. The zero-order chi connectivity index (χ0) is 13.0. The van der Waals surface area contributed by atoms with E-state index >= 15 is 0 Å². The first-order valence-corrected chi connectivity index (χ1v) is 6.52. The van der Waals surface area contributed by atoms with Gasteiger partial charge in [0.2, 0.25) is 0 Å². The second-order valence-electron chi connectivity index (χ2n) is 4.84. The molecule has 1 aliphatic carbocycles. The van der Waals surface area contributed by atoms with Crippen molar-refractivity contribution >= 4 is 5.69 Å². The lowest BCUT2D eigenvalue weighted by molar-refractivity contribution is 0.0903. The molecular formula is C14H22N2O2. The third-order valence-corrected chi connectivity index (χ3v) is 3.55. The summed E-state index contributed by atoms with van der Waals surface area (Å²) in [4.78, 5) is 0. The van der Waals surface area contributed by atoms with Gasteiger partial charge in [-0.15, -0.1) is 0 Å². The van der Waals surface area contributed by atoms with Crippen molar-refractivity contribution in [1.29, 1.82) is 0 Å². The molecular weight excluding hydrogens is 228 g/mol. The average Bonchev–Trinajstić information content (AvgIpc) is 2.41. The monoisotopic (exact) mass is 250 g/mol. The molecule has 0 amide bonds. The van der Waals surface area contributed by atoms with Crippen LogP contribution in [0.15, 0.2) is 24.3 Å². The van der Waals surface area contributed by atoms with Crippen molar-refractivity contribution in [1.82, 2.24) is 5.43 Å². The summed E-state index contributed by atoms with van der Waals surface area (Å²) in [6.07, 6.45) is 4.01. The molecule has 4 heteroatoms. The summed E-state index contributed by atoms with van der Waals surface area (Å²) >= 11 is 0. The number of aliphatic hydroxyl groups excluding tert-OH is 1. The Morgan fingerprint density at radius 3 is 2.50 bits per heavy atom. The number of aliphatic hydroxyl groups is 1. The van der Waals surface area contributed by atoms with Crippen LogP contribution in [0.3, 0.4) is 0 Å². The Balaban J connectivity index is 1.95. The minimum atomic E-state index is -0.237. The molecule has 1 aliphatic rings. The summed E-state index contributed by atoms with van der Waals surface area (Å²) in [5.41, 5.74) is 4.43. The second kappa shape index (κ2) is 6.07. The highest BCUT2D eigenvalue weighted by atomic mass is 16.5. The van der Waals surface area contributed by atoms with Crippen LogP contribution in [0, 0.1) is 0 Å². The first kappa shape index (κ1) is 13.2. The number of hydrogen-bond donors (Lipinski definition) is 2. The van der Waals surface area contributed by atoms with E-state index in [-0.39, 0.29) is 12.1 Å². The van der Waals surface area contributed by atoms with Crippen LogP contribution in [0.5, 0.6) is 5.75 Å². The number of ether oxygens (including phenoxy) is 1. The maximum atomic E-state index is 9.94. The van der Waals surface area contributed by atoms with Gasteiger partial charge in [-0.1, -0.05) is 12.8 Å². The van der Waals surface area contributed by atoms with E-state index in [1.54, 1.807) is 7.11 Å². The van der Waals surface area contributed by atoms with Crippen LogP contribution < -0.4 is 15.2 Å². The lowest BCUT2D eigenvalue weighted by Crippen LogP contribution is -2.49. The van der Waals surface area contributed by atoms with E-state index in [4.69, 9.17) is 4.74 Å². The number of benzene rings is 1. The molecule has 1 fully saturated rings. The molecule has 0 radical (unpaired) electrons. The van der Waals surface area contributed by atoms with Crippen molar-refractivity contribution in [3.8, 4) is 5.75 Å². The maximum Gasteiger partial charge on any atom is 0.119 e. The fourth-order valence-corrected chi connectivity index (χ4v) is 2.39.